The molecule has 2 N–H and O–H groups in total. The molecule has 1 fully saturated rings. The van der Waals surface area contributed by atoms with Crippen LogP contribution in [-0.4, -0.2) is 45.3 Å². The van der Waals surface area contributed by atoms with Crippen LogP contribution >= 0.6 is 0 Å². The van der Waals surface area contributed by atoms with Gasteiger partial charge in [-0.2, -0.15) is 5.10 Å². The first kappa shape index (κ1) is 19.4. The lowest BCUT2D eigenvalue weighted by molar-refractivity contribution is -0.121. The second-order valence-electron chi connectivity index (χ2n) is 7.36. The smallest absolute Gasteiger partial charge is 0.220 e. The lowest BCUT2D eigenvalue weighted by Crippen LogP contribution is -2.27. The molecule has 0 bridgehead atoms. The van der Waals surface area contributed by atoms with Crippen LogP contribution in [0.1, 0.15) is 36.4 Å². The van der Waals surface area contributed by atoms with E-state index < -0.39 is 0 Å². The lowest BCUT2D eigenvalue weighted by atomic mass is 10.0. The third-order valence-electron chi connectivity index (χ3n) is 5.27. The van der Waals surface area contributed by atoms with E-state index in [1.807, 2.05) is 4.68 Å². The second kappa shape index (κ2) is 9.09. The zero-order valence-electron chi connectivity index (χ0n) is 16.3. The highest BCUT2D eigenvalue weighted by atomic mass is 19.1. The number of amides is 1. The highest BCUT2D eigenvalue weighted by Gasteiger charge is 2.24. The zero-order valence-corrected chi connectivity index (χ0v) is 16.3. The Kier molecular flexibility index (Phi) is 6.09. The number of hydrogen-bond acceptors (Lipinski definition) is 5. The zero-order chi connectivity index (χ0) is 20.1. The third-order valence-corrected chi connectivity index (χ3v) is 5.27. The summed E-state index contributed by atoms with van der Waals surface area (Å²) in [6.07, 6.45) is 6.34. The fourth-order valence-electron chi connectivity index (χ4n) is 3.74. The summed E-state index contributed by atoms with van der Waals surface area (Å²) in [6, 6.07) is 6.41. The Morgan fingerprint density at radius 1 is 1.24 bits per heavy atom. The van der Waals surface area contributed by atoms with E-state index in [2.05, 4.69) is 20.6 Å². The molecule has 3 aromatic rings. The van der Waals surface area contributed by atoms with Crippen molar-refractivity contribution in [3.8, 4) is 0 Å². The van der Waals surface area contributed by atoms with Gasteiger partial charge in [-0.05, 0) is 43.5 Å². The predicted octanol–water partition coefficient (Wildman–Crippen LogP) is 2.18. The number of hydrogen-bond donors (Lipinski definition) is 2. The van der Waals surface area contributed by atoms with Gasteiger partial charge in [0.15, 0.2) is 5.65 Å². The van der Waals surface area contributed by atoms with Crippen LogP contribution in [0.2, 0.25) is 0 Å². The van der Waals surface area contributed by atoms with Crippen molar-refractivity contribution in [2.75, 3.05) is 19.6 Å². The normalized spacial score (nSPS) is 16.4. The van der Waals surface area contributed by atoms with Gasteiger partial charge in [-0.3, -0.25) is 4.79 Å². The minimum absolute atomic E-state index is 0.00914. The van der Waals surface area contributed by atoms with Crippen LogP contribution in [0.5, 0.6) is 0 Å². The number of fused-ring (bicyclic) bond motifs is 1. The van der Waals surface area contributed by atoms with E-state index in [0.717, 1.165) is 54.8 Å². The summed E-state index contributed by atoms with van der Waals surface area (Å²) < 4.78 is 14.8. The highest BCUT2D eigenvalue weighted by molar-refractivity contribution is 5.76. The molecule has 0 saturated carbocycles. The van der Waals surface area contributed by atoms with Gasteiger partial charge in [-0.1, -0.05) is 12.1 Å². The van der Waals surface area contributed by atoms with Gasteiger partial charge in [0.05, 0.1) is 12.2 Å². The van der Waals surface area contributed by atoms with E-state index in [1.165, 1.54) is 12.1 Å². The summed E-state index contributed by atoms with van der Waals surface area (Å²) in [6.45, 7) is 2.95. The van der Waals surface area contributed by atoms with E-state index in [9.17, 15) is 9.18 Å². The Morgan fingerprint density at radius 3 is 2.86 bits per heavy atom. The van der Waals surface area contributed by atoms with E-state index in [4.69, 9.17) is 5.10 Å². The van der Waals surface area contributed by atoms with Crippen LogP contribution < -0.4 is 10.6 Å². The number of aryl methyl sites for hydroxylation is 1. The van der Waals surface area contributed by atoms with Gasteiger partial charge >= 0.3 is 0 Å². The summed E-state index contributed by atoms with van der Waals surface area (Å²) in [5.74, 6) is 0.126. The Hall–Kier alpha value is -2.87. The molecule has 152 valence electrons. The number of aromatic nitrogens is 4. The highest BCUT2D eigenvalue weighted by Crippen LogP contribution is 2.26. The molecule has 0 spiro atoms. The Labute approximate surface area is 168 Å². The summed E-state index contributed by atoms with van der Waals surface area (Å²) in [4.78, 5) is 21.0. The van der Waals surface area contributed by atoms with Gasteiger partial charge in [-0.25, -0.2) is 19.0 Å². The molecule has 1 aliphatic heterocycles. The van der Waals surface area contributed by atoms with Gasteiger partial charge in [0.2, 0.25) is 5.91 Å². The van der Waals surface area contributed by atoms with Crippen molar-refractivity contribution in [3.05, 3.63) is 53.7 Å². The molecule has 0 radical (unpaired) electrons. The van der Waals surface area contributed by atoms with E-state index in [1.54, 1.807) is 24.5 Å². The molecule has 1 amide bonds. The molecule has 1 saturated heterocycles. The van der Waals surface area contributed by atoms with Crippen LogP contribution in [0.3, 0.4) is 0 Å². The van der Waals surface area contributed by atoms with Gasteiger partial charge in [0.25, 0.3) is 0 Å². The van der Waals surface area contributed by atoms with E-state index in [0.29, 0.717) is 25.4 Å². The SMILES string of the molecule is O=C(CCCc1ccc(F)cc1)NCCn1nc([C@H]2CCNC2)c2nccnc21. The Bertz CT molecular complexity index is 965. The maximum Gasteiger partial charge on any atom is 0.220 e. The molecule has 3 heterocycles. The largest absolute Gasteiger partial charge is 0.354 e. The number of nitrogens with zero attached hydrogens (tertiary/aromatic N) is 4. The van der Waals surface area contributed by atoms with Crippen molar-refractivity contribution < 1.29 is 9.18 Å². The first-order valence-corrected chi connectivity index (χ1v) is 10.1. The number of carbonyl (C=O) groups excluding carboxylic acids is 1. The minimum Gasteiger partial charge on any atom is -0.354 e. The second-order valence-corrected chi connectivity index (χ2v) is 7.36. The number of halogens is 1. The molecule has 0 unspecified atom stereocenters. The number of benzene rings is 1. The van der Waals surface area contributed by atoms with Crippen molar-refractivity contribution in [3.63, 3.8) is 0 Å². The number of rotatable bonds is 8. The number of nitrogens with one attached hydrogen (secondary N) is 2. The van der Waals surface area contributed by atoms with E-state index >= 15 is 0 Å². The van der Waals surface area contributed by atoms with Crippen LogP contribution in [0.4, 0.5) is 4.39 Å². The molecular formula is C21H25FN6O. The molecule has 4 rings (SSSR count). The summed E-state index contributed by atoms with van der Waals surface area (Å²) >= 11 is 0. The first-order chi connectivity index (χ1) is 14.2. The van der Waals surface area contributed by atoms with Crippen molar-refractivity contribution in [1.82, 2.24) is 30.4 Å². The Morgan fingerprint density at radius 2 is 2.07 bits per heavy atom. The monoisotopic (exact) mass is 396 g/mol. The molecule has 1 atom stereocenters. The topological polar surface area (TPSA) is 84.7 Å². The van der Waals surface area contributed by atoms with E-state index in [-0.39, 0.29) is 11.7 Å². The maximum absolute atomic E-state index is 12.9. The lowest BCUT2D eigenvalue weighted by Gasteiger charge is -2.07. The molecule has 0 aliphatic carbocycles. The summed E-state index contributed by atoms with van der Waals surface area (Å²) in [5, 5.41) is 11.1. The molecule has 1 aromatic carbocycles. The molecular weight excluding hydrogens is 371 g/mol. The predicted molar refractivity (Wildman–Crippen MR) is 108 cm³/mol. The van der Waals surface area contributed by atoms with Crippen LogP contribution in [0.15, 0.2) is 36.7 Å². The number of carbonyl (C=O) groups is 1. The minimum atomic E-state index is -0.241. The maximum atomic E-state index is 12.9. The molecule has 8 heteroatoms. The van der Waals surface area contributed by atoms with Gasteiger partial charge < -0.3 is 10.6 Å². The first-order valence-electron chi connectivity index (χ1n) is 10.1. The van der Waals surface area contributed by atoms with Gasteiger partial charge in [0, 0.05) is 37.8 Å². The van der Waals surface area contributed by atoms with Gasteiger partial charge in [0.1, 0.15) is 11.3 Å². The molecule has 7 nitrogen and oxygen atoms in total. The fraction of sp³-hybridized carbons (Fsp3) is 0.429. The average molecular weight is 396 g/mol. The Balaban J connectivity index is 1.28. The van der Waals surface area contributed by atoms with Crippen molar-refractivity contribution >= 4 is 17.1 Å². The van der Waals surface area contributed by atoms with Gasteiger partial charge in [-0.15, -0.1) is 0 Å². The molecule has 29 heavy (non-hydrogen) atoms. The average Bonchev–Trinajstić information content (AvgIpc) is 3.38. The molecule has 1 aliphatic rings. The van der Waals surface area contributed by atoms with Crippen LogP contribution in [0, 0.1) is 5.82 Å². The van der Waals surface area contributed by atoms with Crippen molar-refractivity contribution in [2.45, 2.75) is 38.1 Å². The quantitative estimate of drug-likeness (QED) is 0.610. The summed E-state index contributed by atoms with van der Waals surface area (Å²) in [7, 11) is 0. The fourth-order valence-corrected chi connectivity index (χ4v) is 3.74. The third kappa shape index (κ3) is 4.76. The standard InChI is InChI=1S/C21H25FN6O/c22-17-6-4-15(5-7-17)2-1-3-18(29)24-12-13-28-21-20(25-10-11-26-21)19(27-28)16-8-9-23-14-16/h4-7,10-11,16,23H,1-3,8-9,12-14H2,(H,24,29)/t16-/m0/s1. The van der Waals surface area contributed by atoms with Crippen molar-refractivity contribution in [1.29, 1.82) is 0 Å². The van der Waals surface area contributed by atoms with Crippen molar-refractivity contribution in [2.24, 2.45) is 0 Å². The van der Waals surface area contributed by atoms with Crippen LogP contribution in [0.25, 0.3) is 11.2 Å². The molecule has 2 aromatic heterocycles. The summed E-state index contributed by atoms with van der Waals surface area (Å²) in [5.41, 5.74) is 3.64. The van der Waals surface area contributed by atoms with Crippen LogP contribution in [-0.2, 0) is 17.8 Å².